The molecular weight excluding hydrogens is 368 g/mol. The molecule has 0 aliphatic rings. The van der Waals surface area contributed by atoms with Gasteiger partial charge in [0.1, 0.15) is 5.75 Å². The molecule has 4 aromatic rings. The van der Waals surface area contributed by atoms with E-state index in [1.165, 1.54) is 5.56 Å². The molecule has 5 nitrogen and oxygen atoms in total. The van der Waals surface area contributed by atoms with Crippen LogP contribution >= 0.6 is 12.2 Å². The fraction of sp³-hybridized carbons (Fsp3) is 0.136. The van der Waals surface area contributed by atoms with E-state index in [2.05, 4.69) is 39.6 Å². The Morgan fingerprint density at radius 3 is 2.64 bits per heavy atom. The van der Waals surface area contributed by atoms with Crippen LogP contribution in [0.2, 0.25) is 0 Å². The predicted octanol–water partition coefficient (Wildman–Crippen LogP) is 4.77. The molecule has 0 unspecified atom stereocenters. The summed E-state index contributed by atoms with van der Waals surface area (Å²) in [7, 11) is 1.66. The van der Waals surface area contributed by atoms with Crippen LogP contribution in [0.4, 0.5) is 0 Å². The normalized spacial score (nSPS) is 11.3. The fourth-order valence-corrected chi connectivity index (χ4v) is 3.41. The number of aromatic nitrogens is 3. The lowest BCUT2D eigenvalue weighted by Gasteiger charge is -2.08. The third-order valence-corrected chi connectivity index (χ3v) is 4.91. The van der Waals surface area contributed by atoms with Crippen molar-refractivity contribution in [2.24, 2.45) is 5.10 Å². The zero-order chi connectivity index (χ0) is 19.3. The van der Waals surface area contributed by atoms with Gasteiger partial charge in [0.15, 0.2) is 5.82 Å². The zero-order valence-electron chi connectivity index (χ0n) is 15.5. The molecule has 140 valence electrons. The first kappa shape index (κ1) is 18.1. The molecule has 28 heavy (non-hydrogen) atoms. The van der Waals surface area contributed by atoms with Gasteiger partial charge in [0.05, 0.1) is 13.3 Å². The number of ether oxygens (including phenoxy) is 1. The third-order valence-electron chi connectivity index (χ3n) is 4.65. The second kappa shape index (κ2) is 8.19. The maximum atomic E-state index is 5.54. The average Bonchev–Trinajstić information content (AvgIpc) is 3.10. The van der Waals surface area contributed by atoms with Crippen molar-refractivity contribution in [3.8, 4) is 5.75 Å². The van der Waals surface area contributed by atoms with Gasteiger partial charge in [0.25, 0.3) is 0 Å². The monoisotopic (exact) mass is 388 g/mol. The molecule has 0 saturated heterocycles. The summed E-state index contributed by atoms with van der Waals surface area (Å²) in [5, 5.41) is 14.0. The van der Waals surface area contributed by atoms with Gasteiger partial charge in [-0.25, -0.2) is 0 Å². The molecule has 0 bridgehead atoms. The molecule has 3 aromatic carbocycles. The van der Waals surface area contributed by atoms with Crippen molar-refractivity contribution in [1.29, 1.82) is 0 Å². The summed E-state index contributed by atoms with van der Waals surface area (Å²) in [6, 6.07) is 22.5. The largest absolute Gasteiger partial charge is 0.496 e. The first-order valence-electron chi connectivity index (χ1n) is 9.06. The highest BCUT2D eigenvalue weighted by molar-refractivity contribution is 7.71. The minimum Gasteiger partial charge on any atom is -0.496 e. The minimum atomic E-state index is 0.471. The van der Waals surface area contributed by atoms with Crippen LogP contribution in [0.5, 0.6) is 5.75 Å². The Kier molecular flexibility index (Phi) is 5.30. The van der Waals surface area contributed by atoms with E-state index < -0.39 is 0 Å². The van der Waals surface area contributed by atoms with Gasteiger partial charge in [-0.3, -0.25) is 5.10 Å². The van der Waals surface area contributed by atoms with E-state index in [4.69, 9.17) is 17.0 Å². The van der Waals surface area contributed by atoms with Gasteiger partial charge in [-0.2, -0.15) is 14.9 Å². The number of nitrogens with one attached hydrogen (secondary N) is 1. The van der Waals surface area contributed by atoms with E-state index in [9.17, 15) is 0 Å². The lowest BCUT2D eigenvalue weighted by molar-refractivity contribution is 0.415. The van der Waals surface area contributed by atoms with Gasteiger partial charge in [-0.15, -0.1) is 0 Å². The highest BCUT2D eigenvalue weighted by Crippen LogP contribution is 2.26. The first-order chi connectivity index (χ1) is 13.8. The second-order valence-corrected chi connectivity index (χ2v) is 6.78. The second-order valence-electron chi connectivity index (χ2n) is 6.39. The number of benzene rings is 3. The number of H-pyrrole nitrogens is 1. The Morgan fingerprint density at radius 1 is 1.04 bits per heavy atom. The topological polar surface area (TPSA) is 55.2 Å². The van der Waals surface area contributed by atoms with Crippen molar-refractivity contribution in [3.05, 3.63) is 88.5 Å². The van der Waals surface area contributed by atoms with Gasteiger partial charge in [-0.1, -0.05) is 60.7 Å². The molecule has 0 spiro atoms. The van der Waals surface area contributed by atoms with Crippen LogP contribution in [-0.2, 0) is 12.8 Å². The van der Waals surface area contributed by atoms with Gasteiger partial charge >= 0.3 is 0 Å². The number of methoxy groups -OCH3 is 1. The van der Waals surface area contributed by atoms with Gasteiger partial charge < -0.3 is 4.74 Å². The maximum Gasteiger partial charge on any atom is 0.216 e. The van der Waals surface area contributed by atoms with Crippen LogP contribution in [0.3, 0.4) is 0 Å². The molecule has 0 fully saturated rings. The summed E-state index contributed by atoms with van der Waals surface area (Å²) in [4.78, 5) is 0. The predicted molar refractivity (Wildman–Crippen MR) is 115 cm³/mol. The summed E-state index contributed by atoms with van der Waals surface area (Å²) in [6.07, 6.45) is 3.40. The van der Waals surface area contributed by atoms with Gasteiger partial charge in [-0.05, 0) is 41.0 Å². The number of hydrogen-bond acceptors (Lipinski definition) is 4. The quantitative estimate of drug-likeness (QED) is 0.382. The van der Waals surface area contributed by atoms with Crippen molar-refractivity contribution in [2.45, 2.75) is 12.8 Å². The van der Waals surface area contributed by atoms with Crippen molar-refractivity contribution in [3.63, 3.8) is 0 Å². The molecule has 0 atom stereocenters. The summed E-state index contributed by atoms with van der Waals surface area (Å²) >= 11 is 5.38. The molecule has 0 amide bonds. The number of fused-ring (bicyclic) bond motifs is 1. The summed E-state index contributed by atoms with van der Waals surface area (Å²) in [6.45, 7) is 0. The van der Waals surface area contributed by atoms with Crippen LogP contribution < -0.4 is 4.74 Å². The van der Waals surface area contributed by atoms with Crippen LogP contribution in [0, 0.1) is 4.77 Å². The Balaban J connectivity index is 1.67. The van der Waals surface area contributed by atoms with Crippen molar-refractivity contribution in [2.75, 3.05) is 7.11 Å². The Labute approximate surface area is 168 Å². The highest BCUT2D eigenvalue weighted by Gasteiger charge is 2.08. The zero-order valence-corrected chi connectivity index (χ0v) is 16.3. The standard InChI is InChI=1S/C22H20N4OS/c1-27-20-13-12-17-9-5-6-10-18(17)19(20)15-23-26-21(24-25-22(26)28)14-11-16-7-3-2-4-8-16/h2-10,12-13,15H,11,14H2,1H3,(H,25,28)/b23-15-. The lowest BCUT2D eigenvalue weighted by Crippen LogP contribution is -2.02. The molecule has 0 aliphatic carbocycles. The van der Waals surface area contributed by atoms with E-state index in [0.717, 1.165) is 40.8 Å². The molecular formula is C22H20N4OS. The molecule has 0 radical (unpaired) electrons. The van der Waals surface area contributed by atoms with Crippen LogP contribution in [0.15, 0.2) is 71.8 Å². The molecule has 6 heteroatoms. The van der Waals surface area contributed by atoms with Crippen LogP contribution in [0.25, 0.3) is 10.8 Å². The number of aryl methyl sites for hydroxylation is 2. The lowest BCUT2D eigenvalue weighted by atomic mass is 10.0. The van der Waals surface area contributed by atoms with E-state index in [-0.39, 0.29) is 0 Å². The Hall–Kier alpha value is -3.25. The number of aromatic amines is 1. The van der Waals surface area contributed by atoms with E-state index in [1.54, 1.807) is 18.0 Å². The van der Waals surface area contributed by atoms with Crippen LogP contribution in [-0.4, -0.2) is 28.2 Å². The highest BCUT2D eigenvalue weighted by atomic mass is 32.1. The number of rotatable bonds is 6. The van der Waals surface area contributed by atoms with Gasteiger partial charge in [0.2, 0.25) is 4.77 Å². The fourth-order valence-electron chi connectivity index (χ4n) is 3.21. The molecule has 1 heterocycles. The van der Waals surface area contributed by atoms with Gasteiger partial charge in [0, 0.05) is 12.0 Å². The van der Waals surface area contributed by atoms with Crippen molar-refractivity contribution in [1.82, 2.24) is 14.9 Å². The summed E-state index contributed by atoms with van der Waals surface area (Å²) in [5.74, 6) is 1.56. The van der Waals surface area contributed by atoms with Crippen molar-refractivity contribution >= 4 is 29.2 Å². The molecule has 0 saturated carbocycles. The number of hydrogen-bond donors (Lipinski definition) is 1. The van der Waals surface area contributed by atoms with Crippen molar-refractivity contribution < 1.29 is 4.74 Å². The van der Waals surface area contributed by atoms with Crippen LogP contribution in [0.1, 0.15) is 17.0 Å². The third kappa shape index (κ3) is 3.73. The van der Waals surface area contributed by atoms with E-state index in [0.29, 0.717) is 4.77 Å². The number of nitrogens with zero attached hydrogens (tertiary/aromatic N) is 3. The summed E-state index contributed by atoms with van der Waals surface area (Å²) in [5.41, 5.74) is 2.17. The minimum absolute atomic E-state index is 0.471. The maximum absolute atomic E-state index is 5.54. The SMILES string of the molecule is COc1ccc2ccccc2c1/C=N\n1c(CCc2ccccc2)n[nH]c1=S. The Morgan fingerprint density at radius 2 is 1.82 bits per heavy atom. The molecule has 4 rings (SSSR count). The van der Waals surface area contributed by atoms with E-state index >= 15 is 0 Å². The smallest absolute Gasteiger partial charge is 0.216 e. The molecule has 1 N–H and O–H groups in total. The Bertz CT molecular complexity index is 1180. The average molecular weight is 388 g/mol. The molecule has 0 aliphatic heterocycles. The first-order valence-corrected chi connectivity index (χ1v) is 9.47. The molecule has 1 aromatic heterocycles. The van der Waals surface area contributed by atoms with E-state index in [1.807, 2.05) is 42.5 Å². The summed E-state index contributed by atoms with van der Waals surface area (Å²) < 4.78 is 7.69.